The number of aliphatic hydroxyl groups is 1. The first-order valence-electron chi connectivity index (χ1n) is 12.4. The van der Waals surface area contributed by atoms with Gasteiger partial charge < -0.3 is 35.1 Å². The van der Waals surface area contributed by atoms with E-state index < -0.39 is 12.1 Å². The van der Waals surface area contributed by atoms with Crippen LogP contribution in [0.5, 0.6) is 17.2 Å². The minimum atomic E-state index is -1.09. The van der Waals surface area contributed by atoms with E-state index in [2.05, 4.69) is 10.5 Å². The molecule has 2 amide bonds. The van der Waals surface area contributed by atoms with Crippen LogP contribution in [0.3, 0.4) is 0 Å². The van der Waals surface area contributed by atoms with Crippen LogP contribution >= 0.6 is 0 Å². The summed E-state index contributed by atoms with van der Waals surface area (Å²) in [5, 5.41) is 36.1. The largest absolute Gasteiger partial charge is 0.504 e. The Morgan fingerprint density at radius 1 is 1.05 bits per heavy atom. The third-order valence-corrected chi connectivity index (χ3v) is 6.59. The summed E-state index contributed by atoms with van der Waals surface area (Å²) in [6.45, 7) is 0.126. The van der Waals surface area contributed by atoms with E-state index in [1.807, 2.05) is 36.4 Å². The number of hydrogen-bond donors (Lipinski definition) is 4. The SMILES string of the molecule is CON=C1C[C@@H](CC(=O)NCC(O)c2ccc(O)c(O)c2)N(C(=O)c2ccc(-c3ccccc3OC)cc2)C1. The maximum atomic E-state index is 13.5. The summed E-state index contributed by atoms with van der Waals surface area (Å²) in [6, 6.07) is 18.3. The van der Waals surface area contributed by atoms with Crippen LogP contribution in [0.2, 0.25) is 0 Å². The van der Waals surface area contributed by atoms with Gasteiger partial charge in [0.05, 0.1) is 25.5 Å². The van der Waals surface area contributed by atoms with Crippen LogP contribution in [0.15, 0.2) is 71.9 Å². The lowest BCUT2D eigenvalue weighted by Gasteiger charge is -2.24. The van der Waals surface area contributed by atoms with Crippen LogP contribution in [-0.2, 0) is 9.63 Å². The highest BCUT2D eigenvalue weighted by Crippen LogP contribution is 2.31. The van der Waals surface area contributed by atoms with Gasteiger partial charge in [-0.1, -0.05) is 41.6 Å². The van der Waals surface area contributed by atoms with Crippen molar-refractivity contribution < 1.29 is 34.5 Å². The molecule has 1 unspecified atom stereocenters. The highest BCUT2D eigenvalue weighted by Gasteiger charge is 2.35. The van der Waals surface area contributed by atoms with Gasteiger partial charge in [-0.2, -0.15) is 0 Å². The van der Waals surface area contributed by atoms with Gasteiger partial charge in [0, 0.05) is 36.6 Å². The van der Waals surface area contributed by atoms with Crippen molar-refractivity contribution in [3.63, 3.8) is 0 Å². The molecule has 204 valence electrons. The van der Waals surface area contributed by atoms with E-state index in [4.69, 9.17) is 9.57 Å². The Bertz CT molecular complexity index is 1360. The van der Waals surface area contributed by atoms with Crippen molar-refractivity contribution in [2.75, 3.05) is 27.3 Å². The zero-order valence-corrected chi connectivity index (χ0v) is 21.7. The van der Waals surface area contributed by atoms with E-state index >= 15 is 0 Å². The van der Waals surface area contributed by atoms with Crippen molar-refractivity contribution >= 4 is 17.5 Å². The smallest absolute Gasteiger partial charge is 0.254 e. The van der Waals surface area contributed by atoms with Crippen molar-refractivity contribution in [3.8, 4) is 28.4 Å². The van der Waals surface area contributed by atoms with Crippen molar-refractivity contribution in [1.82, 2.24) is 10.2 Å². The van der Waals surface area contributed by atoms with Gasteiger partial charge in [-0.3, -0.25) is 9.59 Å². The van der Waals surface area contributed by atoms with Crippen molar-refractivity contribution in [3.05, 3.63) is 77.9 Å². The van der Waals surface area contributed by atoms with Crippen LogP contribution in [0, 0.1) is 0 Å². The minimum Gasteiger partial charge on any atom is -0.504 e. The number of carbonyl (C=O) groups excluding carboxylic acids is 2. The number of rotatable bonds is 9. The summed E-state index contributed by atoms with van der Waals surface area (Å²) in [6.07, 6.45) is -0.712. The van der Waals surface area contributed by atoms with E-state index in [0.29, 0.717) is 23.3 Å². The van der Waals surface area contributed by atoms with E-state index in [1.165, 1.54) is 25.3 Å². The van der Waals surface area contributed by atoms with Gasteiger partial charge in [-0.25, -0.2) is 0 Å². The number of aliphatic hydroxyl groups excluding tert-OH is 1. The summed E-state index contributed by atoms with van der Waals surface area (Å²) in [7, 11) is 3.04. The number of nitrogens with zero attached hydrogens (tertiary/aromatic N) is 2. The standard InChI is InChI=1S/C29H31N3O7/c1-38-27-6-4-3-5-23(27)18-7-9-19(10-8-18)29(37)32-17-21(31-39-2)14-22(32)15-28(36)30-16-26(35)20-11-12-24(33)25(34)13-20/h3-13,22,26,33-35H,14-17H2,1-2H3,(H,30,36)/t22-,26?/m0/s1. The van der Waals surface area contributed by atoms with Crippen LogP contribution in [0.4, 0.5) is 0 Å². The number of aromatic hydroxyl groups is 2. The molecular formula is C29H31N3O7. The quantitative estimate of drug-likeness (QED) is 0.244. The molecule has 2 atom stereocenters. The minimum absolute atomic E-state index is 0.00131. The molecule has 3 aromatic rings. The fourth-order valence-corrected chi connectivity index (χ4v) is 4.59. The monoisotopic (exact) mass is 533 g/mol. The molecule has 4 N–H and O–H groups in total. The number of phenolic OH excluding ortho intramolecular Hbond substituents is 2. The molecule has 1 aliphatic heterocycles. The molecular weight excluding hydrogens is 502 g/mol. The Kier molecular flexibility index (Phi) is 8.67. The van der Waals surface area contributed by atoms with Crippen LogP contribution in [0.1, 0.15) is 34.9 Å². The van der Waals surface area contributed by atoms with Crippen LogP contribution in [-0.4, -0.2) is 71.1 Å². The van der Waals surface area contributed by atoms with Crippen LogP contribution < -0.4 is 10.1 Å². The molecule has 0 aliphatic carbocycles. The summed E-state index contributed by atoms with van der Waals surface area (Å²) in [5.41, 5.74) is 3.28. The normalized spacial score (nSPS) is 16.6. The number of nitrogens with one attached hydrogen (secondary N) is 1. The lowest BCUT2D eigenvalue weighted by Crippen LogP contribution is -2.40. The molecule has 1 saturated heterocycles. The number of likely N-dealkylation sites (tertiary alicyclic amines) is 1. The Balaban J connectivity index is 1.43. The average molecular weight is 534 g/mol. The number of methoxy groups -OCH3 is 1. The first kappa shape index (κ1) is 27.5. The third kappa shape index (κ3) is 6.47. The number of ether oxygens (including phenoxy) is 1. The molecule has 1 heterocycles. The molecule has 0 spiro atoms. The average Bonchev–Trinajstić information content (AvgIpc) is 3.34. The summed E-state index contributed by atoms with van der Waals surface area (Å²) < 4.78 is 5.44. The molecule has 1 aliphatic rings. The molecule has 0 radical (unpaired) electrons. The summed E-state index contributed by atoms with van der Waals surface area (Å²) in [4.78, 5) is 32.7. The highest BCUT2D eigenvalue weighted by atomic mass is 16.6. The summed E-state index contributed by atoms with van der Waals surface area (Å²) in [5.74, 6) is -0.525. The molecule has 4 rings (SSSR count). The van der Waals surface area contributed by atoms with Gasteiger partial charge in [0.1, 0.15) is 12.9 Å². The van der Waals surface area contributed by atoms with Crippen molar-refractivity contribution in [1.29, 1.82) is 0 Å². The number of amides is 2. The summed E-state index contributed by atoms with van der Waals surface area (Å²) >= 11 is 0. The Morgan fingerprint density at radius 3 is 2.49 bits per heavy atom. The zero-order chi connectivity index (χ0) is 27.9. The lowest BCUT2D eigenvalue weighted by atomic mass is 10.0. The van der Waals surface area contributed by atoms with Gasteiger partial charge in [-0.05, 0) is 41.5 Å². The second-order valence-corrected chi connectivity index (χ2v) is 9.18. The number of phenols is 2. The first-order valence-corrected chi connectivity index (χ1v) is 12.4. The van der Waals surface area contributed by atoms with Crippen molar-refractivity contribution in [2.45, 2.75) is 25.0 Å². The van der Waals surface area contributed by atoms with Gasteiger partial charge in [0.2, 0.25) is 5.91 Å². The van der Waals surface area contributed by atoms with Gasteiger partial charge >= 0.3 is 0 Å². The van der Waals surface area contributed by atoms with E-state index in [1.54, 1.807) is 24.1 Å². The Morgan fingerprint density at radius 2 is 1.79 bits per heavy atom. The fraction of sp³-hybridized carbons (Fsp3) is 0.276. The fourth-order valence-electron chi connectivity index (χ4n) is 4.59. The second kappa shape index (κ2) is 12.3. The molecule has 0 saturated carbocycles. The van der Waals surface area contributed by atoms with E-state index in [0.717, 1.165) is 16.9 Å². The Hall–Kier alpha value is -4.57. The number of carbonyl (C=O) groups is 2. The molecule has 3 aromatic carbocycles. The third-order valence-electron chi connectivity index (χ3n) is 6.59. The first-order chi connectivity index (χ1) is 18.8. The maximum absolute atomic E-state index is 13.5. The number of hydrogen-bond acceptors (Lipinski definition) is 8. The van der Waals surface area contributed by atoms with Gasteiger partial charge in [-0.15, -0.1) is 0 Å². The second-order valence-electron chi connectivity index (χ2n) is 9.18. The van der Waals surface area contributed by atoms with Crippen molar-refractivity contribution in [2.24, 2.45) is 5.16 Å². The topological polar surface area (TPSA) is 141 Å². The molecule has 1 fully saturated rings. The number of benzene rings is 3. The molecule has 39 heavy (non-hydrogen) atoms. The predicted molar refractivity (Wildman–Crippen MR) is 145 cm³/mol. The molecule has 10 heteroatoms. The molecule has 0 bridgehead atoms. The van der Waals surface area contributed by atoms with Crippen LogP contribution in [0.25, 0.3) is 11.1 Å². The lowest BCUT2D eigenvalue weighted by molar-refractivity contribution is -0.122. The van der Waals surface area contributed by atoms with E-state index in [9.17, 15) is 24.9 Å². The van der Waals surface area contributed by atoms with Gasteiger partial charge in [0.15, 0.2) is 11.5 Å². The Labute approximate surface area is 226 Å². The number of oxime groups is 1. The molecule has 10 nitrogen and oxygen atoms in total. The number of para-hydroxylation sites is 1. The molecule has 0 aromatic heterocycles. The highest BCUT2D eigenvalue weighted by molar-refractivity contribution is 6.01. The van der Waals surface area contributed by atoms with E-state index in [-0.39, 0.29) is 42.8 Å². The van der Waals surface area contributed by atoms with Gasteiger partial charge in [0.25, 0.3) is 5.91 Å². The predicted octanol–water partition coefficient (Wildman–Crippen LogP) is 3.23. The maximum Gasteiger partial charge on any atom is 0.254 e. The zero-order valence-electron chi connectivity index (χ0n) is 21.7.